The lowest BCUT2D eigenvalue weighted by Crippen LogP contribution is -2.33. The number of nitrogens with one attached hydrogen (secondary N) is 1. The molecule has 0 saturated carbocycles. The van der Waals surface area contributed by atoms with E-state index >= 15 is 0 Å². The van der Waals surface area contributed by atoms with Gasteiger partial charge >= 0.3 is 6.09 Å². The number of nitrogens with zero attached hydrogens (tertiary/aromatic N) is 1. The van der Waals surface area contributed by atoms with Gasteiger partial charge in [-0.15, -0.1) is 0 Å². The number of thiol groups is 1. The van der Waals surface area contributed by atoms with E-state index in [0.717, 1.165) is 21.9 Å². The second kappa shape index (κ2) is 9.43. The van der Waals surface area contributed by atoms with Crippen LogP contribution in [0, 0.1) is 0 Å². The lowest BCUT2D eigenvalue weighted by Gasteiger charge is -2.18. The fourth-order valence-corrected chi connectivity index (χ4v) is 2.31. The molecule has 1 N–H and O–H groups in total. The molecule has 0 aliphatic carbocycles. The molecule has 0 spiro atoms. The summed E-state index contributed by atoms with van der Waals surface area (Å²) in [6.07, 6.45) is -0.985. The van der Waals surface area contributed by atoms with Crippen molar-refractivity contribution in [3.8, 4) is 0 Å². The van der Waals surface area contributed by atoms with Gasteiger partial charge in [0.25, 0.3) is 0 Å². The molecule has 21 heavy (non-hydrogen) atoms. The van der Waals surface area contributed by atoms with Gasteiger partial charge in [0.1, 0.15) is 5.78 Å². The van der Waals surface area contributed by atoms with Gasteiger partial charge in [0, 0.05) is 5.75 Å². The van der Waals surface area contributed by atoms with Crippen LogP contribution in [0.3, 0.4) is 0 Å². The van der Waals surface area contributed by atoms with Gasteiger partial charge in [-0.3, -0.25) is 9.59 Å². The van der Waals surface area contributed by atoms with Crippen LogP contribution in [0.2, 0.25) is 0 Å². The lowest BCUT2D eigenvalue weighted by molar-refractivity contribution is -0.127. The molecule has 8 heteroatoms. The molecule has 1 aromatic rings. The summed E-state index contributed by atoms with van der Waals surface area (Å²) >= 11 is 4.96. The average molecular weight is 328 g/mol. The molecule has 0 saturated heterocycles. The van der Waals surface area contributed by atoms with Crippen molar-refractivity contribution >= 4 is 42.4 Å². The Bertz CT molecular complexity index is 496. The van der Waals surface area contributed by atoms with E-state index in [0.29, 0.717) is 5.75 Å². The highest BCUT2D eigenvalue weighted by Crippen LogP contribution is 2.16. The molecule has 0 aliphatic heterocycles. The van der Waals surface area contributed by atoms with Crippen molar-refractivity contribution in [2.75, 3.05) is 6.61 Å². The number of carbonyl (C=O) groups excluding carboxylic acids is 3. The third-order valence-electron chi connectivity index (χ3n) is 2.26. The monoisotopic (exact) mass is 328 g/mol. The van der Waals surface area contributed by atoms with Crippen LogP contribution in [0.25, 0.3) is 0 Å². The van der Waals surface area contributed by atoms with Crippen molar-refractivity contribution in [1.29, 1.82) is 0 Å². The first kappa shape index (κ1) is 17.5. The summed E-state index contributed by atoms with van der Waals surface area (Å²) < 4.78 is 5.87. The van der Waals surface area contributed by atoms with E-state index in [-0.39, 0.29) is 12.2 Å². The maximum Gasteiger partial charge on any atom is 0.436 e. The van der Waals surface area contributed by atoms with Crippen LogP contribution < -0.4 is 4.83 Å². The minimum absolute atomic E-state index is 0.237. The maximum atomic E-state index is 11.7. The van der Waals surface area contributed by atoms with Gasteiger partial charge in [-0.05, 0) is 24.4 Å². The summed E-state index contributed by atoms with van der Waals surface area (Å²) in [5, 5.41) is 0. The molecule has 0 fully saturated rings. The fourth-order valence-electron chi connectivity index (χ4n) is 1.37. The minimum atomic E-state index is -0.747. The second-order valence-electron chi connectivity index (χ2n) is 4.13. The maximum absolute atomic E-state index is 11.7. The zero-order chi connectivity index (χ0) is 15.7. The molecule has 1 rings (SSSR count). The average Bonchev–Trinajstić information content (AvgIpc) is 2.46. The smallest absolute Gasteiger partial charge is 0.436 e. The number of ether oxygens (including phenoxy) is 1. The summed E-state index contributed by atoms with van der Waals surface area (Å²) in [7, 11) is 0. The number of ketones is 2. The molecule has 6 nitrogen and oxygen atoms in total. The predicted octanol–water partition coefficient (Wildman–Crippen LogP) is 2.17. The van der Waals surface area contributed by atoms with Gasteiger partial charge < -0.3 is 4.74 Å². The van der Waals surface area contributed by atoms with Gasteiger partial charge in [-0.1, -0.05) is 43.1 Å². The summed E-state index contributed by atoms with van der Waals surface area (Å²) in [4.78, 5) is 36.1. The van der Waals surface area contributed by atoms with E-state index < -0.39 is 18.5 Å². The van der Waals surface area contributed by atoms with E-state index in [4.69, 9.17) is 4.74 Å². The van der Waals surface area contributed by atoms with Crippen molar-refractivity contribution in [2.24, 2.45) is 0 Å². The van der Waals surface area contributed by atoms with Crippen LogP contribution >= 0.6 is 24.8 Å². The molecular formula is C13H16N2O4S2. The number of hydrogen-bond acceptors (Lipinski definition) is 7. The Balaban J connectivity index is 2.39. The summed E-state index contributed by atoms with van der Waals surface area (Å²) in [5.74, 6) is -0.174. The van der Waals surface area contributed by atoms with Crippen molar-refractivity contribution in [2.45, 2.75) is 19.1 Å². The highest BCUT2D eigenvalue weighted by molar-refractivity contribution is 7.97. The Morgan fingerprint density at radius 1 is 1.29 bits per heavy atom. The van der Waals surface area contributed by atoms with Crippen molar-refractivity contribution in [3.63, 3.8) is 0 Å². The molecule has 0 bridgehead atoms. The van der Waals surface area contributed by atoms with Gasteiger partial charge in [-0.25, -0.2) is 4.79 Å². The summed E-state index contributed by atoms with van der Waals surface area (Å²) in [5.41, 5.74) is 1.02. The molecular weight excluding hydrogens is 312 g/mol. The van der Waals surface area contributed by atoms with Crippen LogP contribution in [0.5, 0.6) is 0 Å². The summed E-state index contributed by atoms with van der Waals surface area (Å²) in [6.45, 7) is 0.868. The Kier molecular flexibility index (Phi) is 7.88. The molecule has 114 valence electrons. The van der Waals surface area contributed by atoms with Gasteiger partial charge in [0.05, 0.1) is 6.42 Å². The predicted molar refractivity (Wildman–Crippen MR) is 83.4 cm³/mol. The number of carbonyl (C=O) groups is 3. The molecule has 0 aromatic heterocycles. The normalized spacial score (nSPS) is 10.0. The number of benzene rings is 1. The third-order valence-corrected chi connectivity index (χ3v) is 3.56. The molecule has 1 amide bonds. The number of hydrogen-bond donors (Lipinski definition) is 2. The SMILES string of the molecule is CC(=O)CC(=O)COC(=O)N(NS)SCc1ccccc1. The number of rotatable bonds is 8. The number of Topliss-reactive ketones (excluding diaryl/α,β-unsaturated/α-hetero) is 2. The molecule has 0 radical (unpaired) electrons. The Labute approximate surface area is 132 Å². The largest absolute Gasteiger partial charge is 0.440 e. The number of amides is 1. The topological polar surface area (TPSA) is 75.7 Å². The van der Waals surface area contributed by atoms with E-state index in [9.17, 15) is 14.4 Å². The van der Waals surface area contributed by atoms with Gasteiger partial charge in [0.2, 0.25) is 0 Å². The summed E-state index contributed by atoms with van der Waals surface area (Å²) in [6, 6.07) is 9.54. The molecule has 0 atom stereocenters. The highest BCUT2D eigenvalue weighted by Gasteiger charge is 2.17. The number of hydrazine groups is 1. The molecule has 0 heterocycles. The fraction of sp³-hybridized carbons (Fsp3) is 0.308. The molecule has 0 aliphatic rings. The zero-order valence-electron chi connectivity index (χ0n) is 11.4. The highest BCUT2D eigenvalue weighted by atomic mass is 32.2. The standard InChI is InChI=1S/C13H16N2O4S2/c1-10(16)7-12(17)8-19-13(18)15(14-20)21-9-11-5-3-2-4-6-11/h2-6,14,20H,7-9H2,1H3. The Hall–Kier alpha value is -1.51. The van der Waals surface area contributed by atoms with Crippen LogP contribution in [-0.4, -0.2) is 28.7 Å². The molecule has 1 aromatic carbocycles. The Morgan fingerprint density at radius 3 is 2.52 bits per heavy atom. The van der Waals surface area contributed by atoms with Crippen LogP contribution in [0.15, 0.2) is 30.3 Å². The second-order valence-corrected chi connectivity index (χ2v) is 5.24. The van der Waals surface area contributed by atoms with E-state index in [1.165, 1.54) is 6.92 Å². The van der Waals surface area contributed by atoms with Crippen molar-refractivity contribution in [1.82, 2.24) is 9.25 Å². The zero-order valence-corrected chi connectivity index (χ0v) is 13.2. The first-order valence-corrected chi connectivity index (χ1v) is 7.46. The first-order chi connectivity index (χ1) is 10.0. The van der Waals surface area contributed by atoms with Crippen molar-refractivity contribution < 1.29 is 19.1 Å². The quantitative estimate of drug-likeness (QED) is 0.330. The first-order valence-electron chi connectivity index (χ1n) is 6.07. The van der Waals surface area contributed by atoms with Gasteiger partial charge in [0.15, 0.2) is 12.4 Å². The van der Waals surface area contributed by atoms with Crippen LogP contribution in [-0.2, 0) is 20.1 Å². The van der Waals surface area contributed by atoms with E-state index in [1.54, 1.807) is 0 Å². The van der Waals surface area contributed by atoms with Gasteiger partial charge in [-0.2, -0.15) is 9.25 Å². The Morgan fingerprint density at radius 2 is 1.95 bits per heavy atom. The van der Waals surface area contributed by atoms with Crippen LogP contribution in [0.4, 0.5) is 4.79 Å². The van der Waals surface area contributed by atoms with E-state index in [2.05, 4.69) is 17.6 Å². The van der Waals surface area contributed by atoms with E-state index in [1.807, 2.05) is 30.3 Å². The molecule has 0 unspecified atom stereocenters. The van der Waals surface area contributed by atoms with Crippen molar-refractivity contribution in [3.05, 3.63) is 35.9 Å². The third kappa shape index (κ3) is 7.16. The lowest BCUT2D eigenvalue weighted by atomic mass is 10.2. The van der Waals surface area contributed by atoms with Crippen LogP contribution in [0.1, 0.15) is 18.9 Å². The minimum Gasteiger partial charge on any atom is -0.440 e.